The van der Waals surface area contributed by atoms with Crippen molar-refractivity contribution < 1.29 is 32.1 Å². The van der Waals surface area contributed by atoms with Crippen molar-refractivity contribution in [1.82, 2.24) is 0 Å². The number of fused-ring (bicyclic) bond motifs is 3. The second-order valence-electron chi connectivity index (χ2n) is 7.67. The highest BCUT2D eigenvalue weighted by Crippen LogP contribution is 2.58. The predicted octanol–water partition coefficient (Wildman–Crippen LogP) is 3.20. The molecule has 0 spiro atoms. The van der Waals surface area contributed by atoms with Crippen LogP contribution in [0.2, 0.25) is 5.02 Å². The van der Waals surface area contributed by atoms with Gasteiger partial charge in [0.05, 0.1) is 29.3 Å². The van der Waals surface area contributed by atoms with E-state index in [1.807, 2.05) is 0 Å². The predicted molar refractivity (Wildman–Crippen MR) is 102 cm³/mol. The maximum Gasteiger partial charge on any atom is 0.188 e. The van der Waals surface area contributed by atoms with Crippen LogP contribution in [-0.2, 0) is 14.6 Å². The standard InChI is InChI=1S/C20H19ClF2O5S/c21-13-1-3-14(4-2-13)29(26,27)20-8-7-19(25,11-24)9-12(20)10-28-18-16(23)6-5-15(22)17(18)20/h1-6,12,24-25H,7-11H2/t12?,19-,20-/m0/s1. The van der Waals surface area contributed by atoms with Gasteiger partial charge in [-0.25, -0.2) is 17.2 Å². The summed E-state index contributed by atoms with van der Waals surface area (Å²) in [4.78, 5) is -0.0853. The first-order valence-corrected chi connectivity index (χ1v) is 11.0. The van der Waals surface area contributed by atoms with Crippen molar-refractivity contribution in [3.05, 3.63) is 58.6 Å². The quantitative estimate of drug-likeness (QED) is 0.759. The topological polar surface area (TPSA) is 83.8 Å². The van der Waals surface area contributed by atoms with Crippen LogP contribution >= 0.6 is 11.6 Å². The molecule has 2 aromatic rings. The van der Waals surface area contributed by atoms with Crippen molar-refractivity contribution in [3.63, 3.8) is 0 Å². The number of benzene rings is 2. The molecule has 2 aromatic carbocycles. The van der Waals surface area contributed by atoms with Crippen LogP contribution in [0, 0.1) is 17.6 Å². The average Bonchev–Trinajstić information content (AvgIpc) is 2.70. The van der Waals surface area contributed by atoms with E-state index in [1.54, 1.807) is 0 Å². The monoisotopic (exact) mass is 444 g/mol. The van der Waals surface area contributed by atoms with Crippen LogP contribution in [0.1, 0.15) is 24.8 Å². The van der Waals surface area contributed by atoms with Gasteiger partial charge in [-0.1, -0.05) is 11.6 Å². The first kappa shape index (κ1) is 20.5. The average molecular weight is 445 g/mol. The van der Waals surface area contributed by atoms with Crippen LogP contribution in [0.15, 0.2) is 41.3 Å². The minimum atomic E-state index is -4.25. The van der Waals surface area contributed by atoms with Crippen LogP contribution in [0.5, 0.6) is 5.75 Å². The summed E-state index contributed by atoms with van der Waals surface area (Å²) in [6.45, 7) is -0.804. The molecule has 1 fully saturated rings. The second-order valence-corrected chi connectivity index (χ2v) is 10.3. The second kappa shape index (κ2) is 6.91. The highest BCUT2D eigenvalue weighted by molar-refractivity contribution is 7.92. The zero-order chi connectivity index (χ0) is 21.0. The lowest BCUT2D eigenvalue weighted by atomic mass is 9.67. The van der Waals surface area contributed by atoms with E-state index in [-0.39, 0.29) is 36.3 Å². The summed E-state index contributed by atoms with van der Waals surface area (Å²) in [6.07, 6.45) is -0.426. The molecule has 4 rings (SSSR count). The number of halogens is 3. The molecule has 9 heteroatoms. The third kappa shape index (κ3) is 2.96. The summed E-state index contributed by atoms with van der Waals surface area (Å²) < 4.78 is 60.7. The minimum Gasteiger partial charge on any atom is -0.490 e. The van der Waals surface area contributed by atoms with Crippen molar-refractivity contribution in [2.45, 2.75) is 34.5 Å². The summed E-state index contributed by atoms with van der Waals surface area (Å²) in [5, 5.41) is 20.5. The number of hydrogen-bond acceptors (Lipinski definition) is 5. The van der Waals surface area contributed by atoms with E-state index < -0.39 is 50.1 Å². The Hall–Kier alpha value is -1.74. The normalized spacial score (nSPS) is 28.9. The smallest absolute Gasteiger partial charge is 0.188 e. The maximum atomic E-state index is 15.0. The Kier molecular flexibility index (Phi) is 4.89. The number of sulfone groups is 1. The lowest BCUT2D eigenvalue weighted by molar-refractivity contribution is -0.0785. The lowest BCUT2D eigenvalue weighted by Gasteiger charge is -2.51. The van der Waals surface area contributed by atoms with E-state index in [0.717, 1.165) is 12.1 Å². The highest BCUT2D eigenvalue weighted by atomic mass is 35.5. The fourth-order valence-electron chi connectivity index (χ4n) is 4.58. The Morgan fingerprint density at radius 2 is 1.76 bits per heavy atom. The summed E-state index contributed by atoms with van der Waals surface area (Å²) in [5.74, 6) is -3.06. The molecule has 2 N–H and O–H groups in total. The Morgan fingerprint density at radius 3 is 2.41 bits per heavy atom. The molecule has 0 saturated heterocycles. The van der Waals surface area contributed by atoms with Gasteiger partial charge in [-0.05, 0) is 55.7 Å². The van der Waals surface area contributed by atoms with Gasteiger partial charge in [0.2, 0.25) is 0 Å². The molecule has 0 radical (unpaired) electrons. The molecule has 1 unspecified atom stereocenters. The molecule has 1 heterocycles. The molecular weight excluding hydrogens is 426 g/mol. The van der Waals surface area contributed by atoms with Crippen LogP contribution < -0.4 is 4.74 Å². The van der Waals surface area contributed by atoms with Crippen molar-refractivity contribution in [2.75, 3.05) is 13.2 Å². The van der Waals surface area contributed by atoms with Gasteiger partial charge in [-0.15, -0.1) is 0 Å². The van der Waals surface area contributed by atoms with E-state index >= 15 is 4.39 Å². The fraction of sp³-hybridized carbons (Fsp3) is 0.400. The molecule has 0 aromatic heterocycles. The molecule has 1 aliphatic heterocycles. The third-order valence-electron chi connectivity index (χ3n) is 6.06. The molecule has 1 aliphatic carbocycles. The Balaban J connectivity index is 2.00. The summed E-state index contributed by atoms with van der Waals surface area (Å²) >= 11 is 5.88. The minimum absolute atomic E-state index is 0.0853. The number of aliphatic hydroxyl groups excluding tert-OH is 1. The van der Waals surface area contributed by atoms with Crippen molar-refractivity contribution in [2.24, 2.45) is 5.92 Å². The molecule has 0 amide bonds. The van der Waals surface area contributed by atoms with Gasteiger partial charge < -0.3 is 14.9 Å². The van der Waals surface area contributed by atoms with Crippen LogP contribution in [0.4, 0.5) is 8.78 Å². The van der Waals surface area contributed by atoms with Gasteiger partial charge >= 0.3 is 0 Å². The number of aliphatic hydroxyl groups is 2. The molecule has 2 aliphatic rings. The van der Waals surface area contributed by atoms with Gasteiger partial charge in [0, 0.05) is 10.9 Å². The van der Waals surface area contributed by atoms with Crippen molar-refractivity contribution >= 4 is 21.4 Å². The van der Waals surface area contributed by atoms with Gasteiger partial charge in [0.1, 0.15) is 10.6 Å². The zero-order valence-electron chi connectivity index (χ0n) is 15.2. The number of rotatable bonds is 3. The molecule has 3 atom stereocenters. The fourth-order valence-corrected chi connectivity index (χ4v) is 7.04. The van der Waals surface area contributed by atoms with E-state index in [1.165, 1.54) is 24.3 Å². The van der Waals surface area contributed by atoms with Crippen LogP contribution in [0.3, 0.4) is 0 Å². The SMILES string of the molecule is O=S(=O)(c1ccc(Cl)cc1)[C@@]12CC[C@@](O)(CO)CC1COc1c(F)ccc(F)c12. The molecule has 5 nitrogen and oxygen atoms in total. The lowest BCUT2D eigenvalue weighted by Crippen LogP contribution is -2.57. The van der Waals surface area contributed by atoms with Gasteiger partial charge in [0.15, 0.2) is 21.4 Å². The summed E-state index contributed by atoms with van der Waals surface area (Å²) in [7, 11) is -4.25. The van der Waals surface area contributed by atoms with Gasteiger partial charge in [0.25, 0.3) is 0 Å². The number of hydrogen-bond donors (Lipinski definition) is 2. The molecule has 0 bridgehead atoms. The van der Waals surface area contributed by atoms with Crippen LogP contribution in [-0.4, -0.2) is 37.4 Å². The number of ether oxygens (including phenoxy) is 1. The van der Waals surface area contributed by atoms with Gasteiger partial charge in [-0.2, -0.15) is 0 Å². The van der Waals surface area contributed by atoms with E-state index in [2.05, 4.69) is 0 Å². The first-order valence-electron chi connectivity index (χ1n) is 9.09. The Bertz CT molecular complexity index is 1060. The maximum absolute atomic E-state index is 15.0. The van der Waals surface area contributed by atoms with E-state index in [0.29, 0.717) is 5.02 Å². The van der Waals surface area contributed by atoms with Gasteiger partial charge in [-0.3, -0.25) is 0 Å². The Labute approximate surface area is 171 Å². The first-order chi connectivity index (χ1) is 13.6. The summed E-state index contributed by atoms with van der Waals surface area (Å²) in [5.41, 5.74) is -1.88. The van der Waals surface area contributed by atoms with Crippen LogP contribution in [0.25, 0.3) is 0 Å². The zero-order valence-corrected chi connectivity index (χ0v) is 16.8. The molecular formula is C20H19ClF2O5S. The summed E-state index contributed by atoms with van der Waals surface area (Å²) in [6, 6.07) is 7.24. The highest BCUT2D eigenvalue weighted by Gasteiger charge is 2.61. The Morgan fingerprint density at radius 1 is 1.10 bits per heavy atom. The van der Waals surface area contributed by atoms with Crippen molar-refractivity contribution in [3.8, 4) is 5.75 Å². The molecule has 1 saturated carbocycles. The molecule has 29 heavy (non-hydrogen) atoms. The molecule has 156 valence electrons. The largest absolute Gasteiger partial charge is 0.490 e. The van der Waals surface area contributed by atoms with E-state index in [4.69, 9.17) is 16.3 Å². The third-order valence-corrected chi connectivity index (χ3v) is 8.90. The van der Waals surface area contributed by atoms with E-state index in [9.17, 15) is 23.0 Å². The van der Waals surface area contributed by atoms with Crippen molar-refractivity contribution in [1.29, 1.82) is 0 Å².